The van der Waals surface area contributed by atoms with E-state index in [4.69, 9.17) is 21.2 Å². The molecule has 0 spiro atoms. The summed E-state index contributed by atoms with van der Waals surface area (Å²) < 4.78 is 27.8. The van der Waals surface area contributed by atoms with E-state index in [1.54, 1.807) is 12.1 Å². The van der Waals surface area contributed by atoms with Gasteiger partial charge in [-0.05, 0) is 47.9 Å². The van der Waals surface area contributed by atoms with Crippen LogP contribution in [-0.2, 0) is 10.0 Å². The number of rotatable bonds is 5. The second kappa shape index (κ2) is 6.51. The van der Waals surface area contributed by atoms with Gasteiger partial charge in [0.1, 0.15) is 0 Å². The van der Waals surface area contributed by atoms with E-state index in [-0.39, 0.29) is 21.9 Å². The number of primary sulfonamides is 1. The molecule has 2 aromatic rings. The van der Waals surface area contributed by atoms with E-state index in [0.29, 0.717) is 12.0 Å². The maximum Gasteiger partial charge on any atom is 0.287 e. The molecule has 0 aliphatic carbocycles. The van der Waals surface area contributed by atoms with Crippen molar-refractivity contribution in [2.24, 2.45) is 5.14 Å². The molecule has 6 nitrogen and oxygen atoms in total. The van der Waals surface area contributed by atoms with Crippen LogP contribution in [0.25, 0.3) is 0 Å². The SMILES string of the molecule is CCC(NC(=O)c1ccc(Cl)o1)c1cccc(S(N)(=O)=O)c1. The minimum absolute atomic E-state index is 0.00116. The Hall–Kier alpha value is -1.83. The number of halogens is 1. The maximum atomic E-state index is 12.1. The molecule has 1 unspecified atom stereocenters. The minimum atomic E-state index is -3.79. The first kappa shape index (κ1) is 16.5. The van der Waals surface area contributed by atoms with Crippen LogP contribution in [0.4, 0.5) is 0 Å². The average molecular weight is 343 g/mol. The van der Waals surface area contributed by atoms with Gasteiger partial charge >= 0.3 is 0 Å². The maximum absolute atomic E-state index is 12.1. The molecule has 8 heteroatoms. The lowest BCUT2D eigenvalue weighted by atomic mass is 10.0. The van der Waals surface area contributed by atoms with Gasteiger partial charge in [-0.25, -0.2) is 13.6 Å². The highest BCUT2D eigenvalue weighted by Gasteiger charge is 2.18. The summed E-state index contributed by atoms with van der Waals surface area (Å²) in [6, 6.07) is 8.70. The highest BCUT2D eigenvalue weighted by atomic mass is 35.5. The van der Waals surface area contributed by atoms with Crippen molar-refractivity contribution >= 4 is 27.5 Å². The fourth-order valence-electron chi connectivity index (χ4n) is 2.00. The summed E-state index contributed by atoms with van der Waals surface area (Å²) in [7, 11) is -3.79. The van der Waals surface area contributed by atoms with E-state index in [9.17, 15) is 13.2 Å². The van der Waals surface area contributed by atoms with Crippen molar-refractivity contribution in [3.8, 4) is 0 Å². The first-order chi connectivity index (χ1) is 10.3. The van der Waals surface area contributed by atoms with Crippen LogP contribution >= 0.6 is 11.6 Å². The molecule has 1 aromatic heterocycles. The monoisotopic (exact) mass is 342 g/mol. The predicted octanol–water partition coefficient (Wildman–Crippen LogP) is 2.46. The smallest absolute Gasteiger partial charge is 0.287 e. The number of carbonyl (C=O) groups excluding carboxylic acids is 1. The van der Waals surface area contributed by atoms with E-state index in [0.717, 1.165) is 0 Å². The summed E-state index contributed by atoms with van der Waals surface area (Å²) in [5.74, 6) is -0.342. The highest BCUT2D eigenvalue weighted by molar-refractivity contribution is 7.89. The third kappa shape index (κ3) is 3.88. The molecular formula is C14H15ClN2O4S. The zero-order chi connectivity index (χ0) is 16.3. The quantitative estimate of drug-likeness (QED) is 0.871. The van der Waals surface area contributed by atoms with Crippen LogP contribution in [-0.4, -0.2) is 14.3 Å². The van der Waals surface area contributed by atoms with Crippen molar-refractivity contribution in [1.29, 1.82) is 0 Å². The first-order valence-corrected chi connectivity index (χ1v) is 8.42. The van der Waals surface area contributed by atoms with Crippen molar-refractivity contribution in [2.45, 2.75) is 24.3 Å². The molecule has 1 aromatic carbocycles. The number of hydrogen-bond donors (Lipinski definition) is 2. The molecule has 0 aliphatic rings. The Labute approximate surface area is 133 Å². The van der Waals surface area contributed by atoms with Gasteiger partial charge in [-0.15, -0.1) is 0 Å². The fraction of sp³-hybridized carbons (Fsp3) is 0.214. The molecular weight excluding hydrogens is 328 g/mol. The van der Waals surface area contributed by atoms with Crippen LogP contribution < -0.4 is 10.5 Å². The second-order valence-corrected chi connectivity index (χ2v) is 6.59. The Morgan fingerprint density at radius 1 is 1.36 bits per heavy atom. The summed E-state index contributed by atoms with van der Waals surface area (Å²) in [6.45, 7) is 1.86. The molecule has 0 saturated carbocycles. The molecule has 0 aliphatic heterocycles. The van der Waals surface area contributed by atoms with Crippen molar-refractivity contribution in [3.05, 3.63) is 52.9 Å². The highest BCUT2D eigenvalue weighted by Crippen LogP contribution is 2.21. The molecule has 118 valence electrons. The third-order valence-electron chi connectivity index (χ3n) is 3.10. The molecule has 0 bridgehead atoms. The Morgan fingerprint density at radius 2 is 2.09 bits per heavy atom. The minimum Gasteiger partial charge on any atom is -0.440 e. The van der Waals surface area contributed by atoms with Gasteiger partial charge in [-0.1, -0.05) is 19.1 Å². The average Bonchev–Trinajstić information content (AvgIpc) is 2.90. The lowest BCUT2D eigenvalue weighted by Crippen LogP contribution is -2.28. The number of carbonyl (C=O) groups is 1. The van der Waals surface area contributed by atoms with Crippen LogP contribution in [0.3, 0.4) is 0 Å². The number of nitrogens with two attached hydrogens (primary N) is 1. The summed E-state index contributed by atoms with van der Waals surface area (Å²) in [5, 5.41) is 8.00. The molecule has 3 N–H and O–H groups in total. The van der Waals surface area contributed by atoms with Gasteiger partial charge in [0.05, 0.1) is 10.9 Å². The molecule has 1 amide bonds. The lowest BCUT2D eigenvalue weighted by Gasteiger charge is -2.17. The number of furan rings is 1. The summed E-state index contributed by atoms with van der Waals surface area (Å²) in [4.78, 5) is 12.1. The fourth-order valence-corrected chi connectivity index (χ4v) is 2.71. The van der Waals surface area contributed by atoms with E-state index in [1.807, 2.05) is 6.92 Å². The van der Waals surface area contributed by atoms with Gasteiger partial charge in [-0.3, -0.25) is 4.79 Å². The van der Waals surface area contributed by atoms with Crippen molar-refractivity contribution in [1.82, 2.24) is 5.32 Å². The Kier molecular flexibility index (Phi) is 4.90. The normalized spacial score (nSPS) is 12.9. The van der Waals surface area contributed by atoms with Crippen LogP contribution in [0.15, 0.2) is 45.7 Å². The largest absolute Gasteiger partial charge is 0.440 e. The van der Waals surface area contributed by atoms with Gasteiger partial charge in [0.2, 0.25) is 10.0 Å². The number of hydrogen-bond acceptors (Lipinski definition) is 4. The molecule has 0 radical (unpaired) electrons. The molecule has 0 fully saturated rings. The van der Waals surface area contributed by atoms with Gasteiger partial charge in [0, 0.05) is 0 Å². The van der Waals surface area contributed by atoms with Gasteiger partial charge < -0.3 is 9.73 Å². The first-order valence-electron chi connectivity index (χ1n) is 6.50. The molecule has 0 saturated heterocycles. The second-order valence-electron chi connectivity index (χ2n) is 4.66. The van der Waals surface area contributed by atoms with Crippen LogP contribution in [0.1, 0.15) is 35.5 Å². The third-order valence-corrected chi connectivity index (χ3v) is 4.21. The van der Waals surface area contributed by atoms with E-state index < -0.39 is 15.9 Å². The van der Waals surface area contributed by atoms with Crippen LogP contribution in [0, 0.1) is 0 Å². The summed E-state index contributed by atoms with van der Waals surface area (Å²) in [5.41, 5.74) is 0.639. The van der Waals surface area contributed by atoms with Gasteiger partial charge in [-0.2, -0.15) is 0 Å². The van der Waals surface area contributed by atoms with Crippen molar-refractivity contribution in [3.63, 3.8) is 0 Å². The molecule has 2 rings (SSSR count). The van der Waals surface area contributed by atoms with E-state index in [1.165, 1.54) is 24.3 Å². The van der Waals surface area contributed by atoms with Crippen LogP contribution in [0.5, 0.6) is 0 Å². The Morgan fingerprint density at radius 3 is 2.64 bits per heavy atom. The zero-order valence-electron chi connectivity index (χ0n) is 11.7. The van der Waals surface area contributed by atoms with E-state index in [2.05, 4.69) is 5.32 Å². The van der Waals surface area contributed by atoms with Gasteiger partial charge in [0.15, 0.2) is 11.0 Å². The van der Waals surface area contributed by atoms with Crippen molar-refractivity contribution in [2.75, 3.05) is 0 Å². The lowest BCUT2D eigenvalue weighted by molar-refractivity contribution is 0.0907. The Balaban J connectivity index is 2.23. The van der Waals surface area contributed by atoms with E-state index >= 15 is 0 Å². The molecule has 22 heavy (non-hydrogen) atoms. The molecule has 1 heterocycles. The number of nitrogens with one attached hydrogen (secondary N) is 1. The predicted molar refractivity (Wildman–Crippen MR) is 82.0 cm³/mol. The van der Waals surface area contributed by atoms with Crippen LogP contribution in [0.2, 0.25) is 5.22 Å². The number of amides is 1. The van der Waals surface area contributed by atoms with Gasteiger partial charge in [0.25, 0.3) is 5.91 Å². The summed E-state index contributed by atoms with van der Waals surface area (Å²) in [6.07, 6.45) is 0.564. The van der Waals surface area contributed by atoms with Crippen molar-refractivity contribution < 1.29 is 17.6 Å². The summed E-state index contributed by atoms with van der Waals surface area (Å²) >= 11 is 5.64. The molecule has 1 atom stereocenters. The zero-order valence-corrected chi connectivity index (χ0v) is 13.3. The number of benzene rings is 1. The topological polar surface area (TPSA) is 102 Å². The standard InChI is InChI=1S/C14H15ClN2O4S/c1-2-11(17-14(18)12-6-7-13(15)21-12)9-4-3-5-10(8-9)22(16,19)20/h3-8,11H,2H2,1H3,(H,17,18)(H2,16,19,20). The number of sulfonamides is 1. The Bertz CT molecular complexity index is 786.